The summed E-state index contributed by atoms with van der Waals surface area (Å²) in [6, 6.07) is 1.63. The van der Waals surface area contributed by atoms with Crippen LogP contribution < -0.4 is 0 Å². The maximum Gasteiger partial charge on any atom is 0.416 e. The van der Waals surface area contributed by atoms with Gasteiger partial charge in [-0.15, -0.1) is 0 Å². The molecule has 1 aromatic rings. The quantitative estimate of drug-likeness (QED) is 0.665. The Morgan fingerprint density at radius 1 is 1.00 bits per heavy atom. The molecule has 2 rings (SSSR count). The van der Waals surface area contributed by atoms with Gasteiger partial charge < -0.3 is 0 Å². The highest BCUT2D eigenvalue weighted by Crippen LogP contribution is 2.69. The normalized spacial score (nSPS) is 25.0. The van der Waals surface area contributed by atoms with Gasteiger partial charge in [-0.2, -0.15) is 26.3 Å². The van der Waals surface area contributed by atoms with Crippen LogP contribution in [0.1, 0.15) is 30.0 Å². The molecule has 1 aromatic carbocycles. The zero-order valence-electron chi connectivity index (χ0n) is 10.7. The van der Waals surface area contributed by atoms with Crippen molar-refractivity contribution in [1.29, 1.82) is 0 Å². The predicted octanol–water partition coefficient (Wildman–Crippen LogP) is 5.11. The summed E-state index contributed by atoms with van der Waals surface area (Å²) in [5.74, 6) is -4.08. The van der Waals surface area contributed by atoms with Crippen LogP contribution in [-0.2, 0) is 18.0 Å². The van der Waals surface area contributed by atoms with Gasteiger partial charge in [0.05, 0.1) is 5.56 Å². The van der Waals surface area contributed by atoms with Crippen molar-refractivity contribution in [3.8, 4) is 0 Å². The number of alkyl halides is 8. The van der Waals surface area contributed by atoms with Gasteiger partial charge in [-0.1, -0.05) is 13.0 Å². The minimum atomic E-state index is -5.31. The lowest BCUT2D eigenvalue weighted by atomic mass is 9.90. The van der Waals surface area contributed by atoms with Crippen LogP contribution in [0, 0.1) is 0 Å². The lowest BCUT2D eigenvalue weighted by Crippen LogP contribution is -2.35. The Bertz CT molecular complexity index is 554. The van der Waals surface area contributed by atoms with Gasteiger partial charge in [-0.3, -0.25) is 0 Å². The summed E-state index contributed by atoms with van der Waals surface area (Å²) in [4.78, 5) is 0. The highest BCUT2D eigenvalue weighted by Gasteiger charge is 2.84. The molecule has 0 spiro atoms. The molecule has 0 aromatic heterocycles. The van der Waals surface area contributed by atoms with Gasteiger partial charge in [0.2, 0.25) is 0 Å². The molecule has 0 N–H and O–H groups in total. The van der Waals surface area contributed by atoms with Crippen LogP contribution >= 0.6 is 0 Å². The third kappa shape index (κ3) is 2.38. The van der Waals surface area contributed by atoms with Gasteiger partial charge in [0.1, 0.15) is 0 Å². The molecule has 0 bridgehead atoms. The summed E-state index contributed by atoms with van der Waals surface area (Å²) in [6.45, 7) is 1.44. The van der Waals surface area contributed by atoms with Gasteiger partial charge >= 0.3 is 12.4 Å². The molecule has 1 fully saturated rings. The number of aryl methyl sites for hydroxylation is 1. The standard InChI is InChI=1S/C13H10F8/c1-2-7-3-8(5-9(4-7)12(16,17)18)10(13(19,20)21)6-11(10,14)15/h3-5H,2,6H2,1H3. The number of halogens is 8. The van der Waals surface area contributed by atoms with E-state index in [1.807, 2.05) is 0 Å². The van der Waals surface area contributed by atoms with Crippen LogP contribution in [0.2, 0.25) is 0 Å². The first-order valence-corrected chi connectivity index (χ1v) is 6.01. The molecule has 0 radical (unpaired) electrons. The lowest BCUT2D eigenvalue weighted by molar-refractivity contribution is -0.182. The van der Waals surface area contributed by atoms with Crippen molar-refractivity contribution in [3.05, 3.63) is 34.9 Å². The Balaban J connectivity index is 2.64. The van der Waals surface area contributed by atoms with Crippen molar-refractivity contribution in [3.63, 3.8) is 0 Å². The largest absolute Gasteiger partial charge is 0.416 e. The molecule has 0 saturated heterocycles. The molecular weight excluding hydrogens is 308 g/mol. The Labute approximate surface area is 114 Å². The first kappa shape index (κ1) is 16.0. The summed E-state index contributed by atoms with van der Waals surface area (Å²) in [5, 5.41) is 0. The SMILES string of the molecule is CCc1cc(C(F)(F)F)cc(C2(C(F)(F)F)CC2(F)F)c1. The van der Waals surface area contributed by atoms with Crippen LogP contribution in [-0.4, -0.2) is 12.1 Å². The van der Waals surface area contributed by atoms with Crippen LogP contribution in [0.3, 0.4) is 0 Å². The van der Waals surface area contributed by atoms with Crippen molar-refractivity contribution in [1.82, 2.24) is 0 Å². The van der Waals surface area contributed by atoms with E-state index in [0.717, 1.165) is 6.07 Å². The molecule has 0 amide bonds. The zero-order valence-corrected chi connectivity index (χ0v) is 10.7. The Kier molecular flexibility index (Phi) is 3.31. The van der Waals surface area contributed by atoms with E-state index in [9.17, 15) is 35.1 Å². The number of rotatable bonds is 2. The second-order valence-electron chi connectivity index (χ2n) is 5.05. The Morgan fingerprint density at radius 3 is 1.86 bits per heavy atom. The first-order valence-electron chi connectivity index (χ1n) is 6.01. The van der Waals surface area contributed by atoms with Gasteiger partial charge in [0.15, 0.2) is 5.41 Å². The van der Waals surface area contributed by atoms with Crippen molar-refractivity contribution in [2.75, 3.05) is 0 Å². The average molecular weight is 318 g/mol. The van der Waals surface area contributed by atoms with E-state index in [1.165, 1.54) is 6.92 Å². The summed E-state index contributed by atoms with van der Waals surface area (Å²) < 4.78 is 104. The number of benzene rings is 1. The Morgan fingerprint density at radius 2 is 1.52 bits per heavy atom. The van der Waals surface area contributed by atoms with E-state index in [0.29, 0.717) is 6.07 Å². The van der Waals surface area contributed by atoms with E-state index in [1.54, 1.807) is 0 Å². The summed E-state index contributed by atoms with van der Waals surface area (Å²) in [6.07, 6.45) is -11.7. The highest BCUT2D eigenvalue weighted by molar-refractivity contribution is 5.45. The molecule has 1 aliphatic rings. The minimum Gasteiger partial charge on any atom is -0.205 e. The number of hydrogen-bond donors (Lipinski definition) is 0. The zero-order chi connectivity index (χ0) is 16.3. The van der Waals surface area contributed by atoms with Crippen LogP contribution in [0.5, 0.6) is 0 Å². The van der Waals surface area contributed by atoms with Crippen LogP contribution in [0.25, 0.3) is 0 Å². The third-order valence-electron chi connectivity index (χ3n) is 3.69. The molecule has 0 heterocycles. The second kappa shape index (κ2) is 4.33. The fraction of sp³-hybridized carbons (Fsp3) is 0.538. The molecule has 1 atom stereocenters. The van der Waals surface area contributed by atoms with Gasteiger partial charge in [-0.25, -0.2) is 8.78 Å². The van der Waals surface area contributed by atoms with E-state index < -0.39 is 41.2 Å². The van der Waals surface area contributed by atoms with Crippen LogP contribution in [0.15, 0.2) is 18.2 Å². The highest BCUT2D eigenvalue weighted by atomic mass is 19.4. The Hall–Kier alpha value is -1.34. The molecule has 21 heavy (non-hydrogen) atoms. The summed E-state index contributed by atoms with van der Waals surface area (Å²) in [5.41, 5.74) is -5.94. The van der Waals surface area contributed by atoms with Crippen molar-refractivity contribution in [2.24, 2.45) is 0 Å². The molecule has 118 valence electrons. The molecule has 0 aliphatic heterocycles. The average Bonchev–Trinajstić information content (AvgIpc) is 2.92. The smallest absolute Gasteiger partial charge is 0.205 e. The fourth-order valence-corrected chi connectivity index (χ4v) is 2.38. The van der Waals surface area contributed by atoms with E-state index >= 15 is 0 Å². The van der Waals surface area contributed by atoms with E-state index in [2.05, 4.69) is 0 Å². The van der Waals surface area contributed by atoms with Crippen molar-refractivity contribution < 1.29 is 35.1 Å². The summed E-state index contributed by atoms with van der Waals surface area (Å²) >= 11 is 0. The summed E-state index contributed by atoms with van der Waals surface area (Å²) in [7, 11) is 0. The minimum absolute atomic E-state index is 0.0103. The van der Waals surface area contributed by atoms with E-state index in [-0.39, 0.29) is 18.1 Å². The van der Waals surface area contributed by atoms with Gasteiger partial charge in [-0.05, 0) is 29.7 Å². The van der Waals surface area contributed by atoms with Crippen molar-refractivity contribution >= 4 is 0 Å². The topological polar surface area (TPSA) is 0 Å². The monoisotopic (exact) mass is 318 g/mol. The molecule has 0 nitrogen and oxygen atoms in total. The predicted molar refractivity (Wildman–Crippen MR) is 58.1 cm³/mol. The van der Waals surface area contributed by atoms with E-state index in [4.69, 9.17) is 0 Å². The van der Waals surface area contributed by atoms with Crippen LogP contribution in [0.4, 0.5) is 35.1 Å². The lowest BCUT2D eigenvalue weighted by Gasteiger charge is -2.22. The molecule has 1 aliphatic carbocycles. The second-order valence-corrected chi connectivity index (χ2v) is 5.05. The fourth-order valence-electron chi connectivity index (χ4n) is 2.38. The van der Waals surface area contributed by atoms with Crippen molar-refractivity contribution in [2.45, 2.75) is 43.5 Å². The molecule has 8 heteroatoms. The third-order valence-corrected chi connectivity index (χ3v) is 3.69. The molecular formula is C13H10F8. The maximum atomic E-state index is 13.3. The van der Waals surface area contributed by atoms with Gasteiger partial charge in [0.25, 0.3) is 5.92 Å². The maximum absolute atomic E-state index is 13.3. The number of hydrogen-bond acceptors (Lipinski definition) is 0. The molecule has 1 unspecified atom stereocenters. The van der Waals surface area contributed by atoms with Gasteiger partial charge in [0, 0.05) is 6.42 Å². The molecule has 1 saturated carbocycles. The first-order chi connectivity index (χ1) is 9.35.